The number of aliphatic hydroxyl groups excluding tert-OH is 1. The Bertz CT molecular complexity index is 418. The Morgan fingerprint density at radius 2 is 2.12 bits per heavy atom. The van der Waals surface area contributed by atoms with Crippen molar-refractivity contribution in [1.82, 2.24) is 4.90 Å². The summed E-state index contributed by atoms with van der Waals surface area (Å²) in [6, 6.07) is 8.87. The van der Waals surface area contributed by atoms with Crippen LogP contribution in [0, 0.1) is 0 Å². The summed E-state index contributed by atoms with van der Waals surface area (Å²) in [6.45, 7) is 0.491. The second-order valence-electron chi connectivity index (χ2n) is 3.79. The highest BCUT2D eigenvalue weighted by Crippen LogP contribution is 2.18. The topological polar surface area (TPSA) is 66.8 Å². The van der Waals surface area contributed by atoms with Crippen molar-refractivity contribution in [2.24, 2.45) is 0 Å². The quantitative estimate of drug-likeness (QED) is 0.851. The van der Waals surface area contributed by atoms with E-state index in [4.69, 9.17) is 0 Å². The van der Waals surface area contributed by atoms with E-state index in [2.05, 4.69) is 4.74 Å². The van der Waals surface area contributed by atoms with Gasteiger partial charge in [-0.1, -0.05) is 30.3 Å². The predicted molar refractivity (Wildman–Crippen MR) is 59.1 cm³/mol. The van der Waals surface area contributed by atoms with Crippen molar-refractivity contribution in [2.75, 3.05) is 13.2 Å². The summed E-state index contributed by atoms with van der Waals surface area (Å²) in [5.41, 5.74) is 0.661. The zero-order valence-corrected chi connectivity index (χ0v) is 9.20. The van der Waals surface area contributed by atoms with E-state index in [9.17, 15) is 14.7 Å². The second-order valence-corrected chi connectivity index (χ2v) is 3.79. The van der Waals surface area contributed by atoms with Gasteiger partial charge in [-0.25, -0.2) is 9.69 Å². The second kappa shape index (κ2) is 4.97. The molecule has 1 aliphatic rings. The minimum atomic E-state index is -0.892. The van der Waals surface area contributed by atoms with Crippen molar-refractivity contribution in [3.8, 4) is 0 Å². The van der Waals surface area contributed by atoms with Gasteiger partial charge in [-0.3, -0.25) is 4.79 Å². The number of benzene rings is 1. The summed E-state index contributed by atoms with van der Waals surface area (Å²) < 4.78 is 4.66. The smallest absolute Gasteiger partial charge is 0.416 e. The average molecular weight is 235 g/mol. The molecule has 1 aromatic rings. The lowest BCUT2D eigenvalue weighted by molar-refractivity contribution is -0.129. The fourth-order valence-electron chi connectivity index (χ4n) is 1.69. The average Bonchev–Trinajstić information content (AvgIpc) is 2.76. The monoisotopic (exact) mass is 235 g/mol. The lowest BCUT2D eigenvalue weighted by atomic mass is 10.1. The fraction of sp³-hybridized carbons (Fsp3) is 0.333. The first-order chi connectivity index (χ1) is 8.18. The molecule has 5 heteroatoms. The SMILES string of the molecule is O=C(CC(O)c1ccccc1)N1CCOC1=O. The van der Waals surface area contributed by atoms with Crippen LogP contribution < -0.4 is 0 Å². The molecule has 1 heterocycles. The molecule has 1 unspecified atom stereocenters. The molecule has 0 aromatic heterocycles. The van der Waals surface area contributed by atoms with Crippen molar-refractivity contribution in [3.63, 3.8) is 0 Å². The lowest BCUT2D eigenvalue weighted by Gasteiger charge is -2.14. The summed E-state index contributed by atoms with van der Waals surface area (Å²) in [5, 5.41) is 9.84. The number of aliphatic hydroxyl groups is 1. The normalized spacial score (nSPS) is 16.8. The van der Waals surface area contributed by atoms with E-state index in [1.165, 1.54) is 0 Å². The molecule has 2 rings (SSSR count). The van der Waals surface area contributed by atoms with Crippen LogP contribution in [-0.4, -0.2) is 35.2 Å². The Morgan fingerprint density at radius 1 is 1.41 bits per heavy atom. The van der Waals surface area contributed by atoms with Gasteiger partial charge in [0.15, 0.2) is 0 Å². The molecular formula is C12H13NO4. The van der Waals surface area contributed by atoms with Crippen LogP contribution in [0.1, 0.15) is 18.1 Å². The van der Waals surface area contributed by atoms with E-state index in [-0.39, 0.29) is 19.6 Å². The molecule has 0 bridgehead atoms. The summed E-state index contributed by atoms with van der Waals surface area (Å²) >= 11 is 0. The Morgan fingerprint density at radius 3 is 2.71 bits per heavy atom. The van der Waals surface area contributed by atoms with Crippen LogP contribution in [0.4, 0.5) is 4.79 Å². The highest BCUT2D eigenvalue weighted by Gasteiger charge is 2.29. The number of carbonyl (C=O) groups is 2. The van der Waals surface area contributed by atoms with Gasteiger partial charge in [-0.05, 0) is 5.56 Å². The number of cyclic esters (lactones) is 1. The van der Waals surface area contributed by atoms with Crippen LogP contribution in [0.5, 0.6) is 0 Å². The zero-order valence-electron chi connectivity index (χ0n) is 9.20. The van der Waals surface area contributed by atoms with Gasteiger partial charge < -0.3 is 9.84 Å². The number of hydrogen-bond acceptors (Lipinski definition) is 4. The van der Waals surface area contributed by atoms with Gasteiger partial charge in [-0.15, -0.1) is 0 Å². The molecule has 2 amide bonds. The number of hydrogen-bond donors (Lipinski definition) is 1. The van der Waals surface area contributed by atoms with Gasteiger partial charge in [0, 0.05) is 0 Å². The maximum Gasteiger partial charge on any atom is 0.416 e. The van der Waals surface area contributed by atoms with Crippen molar-refractivity contribution in [3.05, 3.63) is 35.9 Å². The summed E-state index contributed by atoms with van der Waals surface area (Å²) in [7, 11) is 0. The Hall–Kier alpha value is -1.88. The fourth-order valence-corrected chi connectivity index (χ4v) is 1.69. The molecule has 1 aromatic carbocycles. The highest BCUT2D eigenvalue weighted by atomic mass is 16.6. The Labute approximate surface area is 98.6 Å². The predicted octanol–water partition coefficient (Wildman–Crippen LogP) is 1.09. The number of nitrogens with zero attached hydrogens (tertiary/aromatic N) is 1. The molecule has 1 N–H and O–H groups in total. The third kappa shape index (κ3) is 2.62. The number of carbonyl (C=O) groups excluding carboxylic acids is 2. The Kier molecular flexibility index (Phi) is 3.39. The van der Waals surface area contributed by atoms with E-state index in [0.29, 0.717) is 5.56 Å². The van der Waals surface area contributed by atoms with Gasteiger partial charge in [0.05, 0.1) is 19.1 Å². The molecule has 0 radical (unpaired) electrons. The minimum Gasteiger partial charge on any atom is -0.447 e. The molecular weight excluding hydrogens is 222 g/mol. The maximum atomic E-state index is 11.7. The molecule has 1 aliphatic heterocycles. The van der Waals surface area contributed by atoms with E-state index in [1.54, 1.807) is 24.3 Å². The first-order valence-corrected chi connectivity index (χ1v) is 5.38. The molecule has 1 atom stereocenters. The van der Waals surface area contributed by atoms with Gasteiger partial charge in [0.25, 0.3) is 0 Å². The van der Waals surface area contributed by atoms with E-state index in [1.807, 2.05) is 6.07 Å². The molecule has 1 fully saturated rings. The van der Waals surface area contributed by atoms with Crippen LogP contribution in [0.3, 0.4) is 0 Å². The molecule has 0 aliphatic carbocycles. The van der Waals surface area contributed by atoms with Gasteiger partial charge in [0.2, 0.25) is 5.91 Å². The van der Waals surface area contributed by atoms with Crippen molar-refractivity contribution in [1.29, 1.82) is 0 Å². The first kappa shape index (κ1) is 11.6. The third-order valence-corrected chi connectivity index (χ3v) is 2.61. The molecule has 17 heavy (non-hydrogen) atoms. The molecule has 90 valence electrons. The van der Waals surface area contributed by atoms with Crippen molar-refractivity contribution in [2.45, 2.75) is 12.5 Å². The highest BCUT2D eigenvalue weighted by molar-refractivity contribution is 5.93. The summed E-state index contributed by atoms with van der Waals surface area (Å²) in [4.78, 5) is 23.9. The van der Waals surface area contributed by atoms with Crippen LogP contribution in [0.25, 0.3) is 0 Å². The number of amides is 2. The maximum absolute atomic E-state index is 11.7. The van der Waals surface area contributed by atoms with Crippen LogP contribution in [-0.2, 0) is 9.53 Å². The van der Waals surface area contributed by atoms with Gasteiger partial charge in [0.1, 0.15) is 6.61 Å². The summed E-state index contributed by atoms with van der Waals surface area (Å²) in [6.07, 6.45) is -1.63. The number of ether oxygens (including phenoxy) is 1. The number of imide groups is 1. The largest absolute Gasteiger partial charge is 0.447 e. The first-order valence-electron chi connectivity index (χ1n) is 5.38. The minimum absolute atomic E-state index is 0.112. The molecule has 0 spiro atoms. The van der Waals surface area contributed by atoms with Gasteiger partial charge >= 0.3 is 6.09 Å². The van der Waals surface area contributed by atoms with Crippen LogP contribution in [0.15, 0.2) is 30.3 Å². The number of rotatable bonds is 3. The summed E-state index contributed by atoms with van der Waals surface area (Å²) in [5.74, 6) is -0.413. The zero-order chi connectivity index (χ0) is 12.3. The van der Waals surface area contributed by atoms with Crippen LogP contribution in [0.2, 0.25) is 0 Å². The van der Waals surface area contributed by atoms with Crippen molar-refractivity contribution < 1.29 is 19.4 Å². The third-order valence-electron chi connectivity index (χ3n) is 2.61. The molecule has 0 saturated carbocycles. The van der Waals surface area contributed by atoms with E-state index in [0.717, 1.165) is 4.90 Å². The van der Waals surface area contributed by atoms with Crippen LogP contribution >= 0.6 is 0 Å². The van der Waals surface area contributed by atoms with E-state index >= 15 is 0 Å². The standard InChI is InChI=1S/C12H13NO4/c14-10(9-4-2-1-3-5-9)8-11(15)13-6-7-17-12(13)16/h1-5,10,14H,6-8H2. The van der Waals surface area contributed by atoms with Gasteiger partial charge in [-0.2, -0.15) is 0 Å². The van der Waals surface area contributed by atoms with Crippen molar-refractivity contribution >= 4 is 12.0 Å². The Balaban J connectivity index is 1.97. The molecule has 5 nitrogen and oxygen atoms in total. The molecule has 1 saturated heterocycles. The van der Waals surface area contributed by atoms with E-state index < -0.39 is 18.1 Å². The lowest BCUT2D eigenvalue weighted by Crippen LogP contribution is -2.32.